The van der Waals surface area contributed by atoms with Crippen molar-refractivity contribution in [2.24, 2.45) is 0 Å². The van der Waals surface area contributed by atoms with Gasteiger partial charge in [-0.1, -0.05) is 11.6 Å². The lowest BCUT2D eigenvalue weighted by Crippen LogP contribution is -2.21. The number of hydrogen-bond donors (Lipinski definition) is 1. The number of anilines is 1. The molecule has 15 heavy (non-hydrogen) atoms. The van der Waals surface area contributed by atoms with Gasteiger partial charge in [0.25, 0.3) is 5.56 Å². The number of nitrogens with two attached hydrogens (primary N) is 1. The summed E-state index contributed by atoms with van der Waals surface area (Å²) in [6.07, 6.45) is 3.03. The van der Waals surface area contributed by atoms with Crippen molar-refractivity contribution in [3.05, 3.63) is 52.0 Å². The smallest absolute Gasteiger partial charge is 0.297 e. The molecule has 0 aliphatic rings. The lowest BCUT2D eigenvalue weighted by atomic mass is 10.3. The standard InChI is InChI=1S/C10H8ClN3O/c11-7-1-3-8(4-2-7)14-6-5-13-9(12)10(14)15/h1-6H,(H2,12,13). The molecule has 0 saturated carbocycles. The SMILES string of the molecule is Nc1nccn(-c2ccc(Cl)cc2)c1=O. The van der Waals surface area contributed by atoms with Crippen LogP contribution in [0.15, 0.2) is 41.5 Å². The van der Waals surface area contributed by atoms with Gasteiger partial charge < -0.3 is 5.73 Å². The van der Waals surface area contributed by atoms with Crippen molar-refractivity contribution in [1.29, 1.82) is 0 Å². The van der Waals surface area contributed by atoms with Crippen molar-refractivity contribution in [1.82, 2.24) is 9.55 Å². The molecule has 0 saturated heterocycles. The van der Waals surface area contributed by atoms with E-state index >= 15 is 0 Å². The van der Waals surface area contributed by atoms with Crippen LogP contribution < -0.4 is 11.3 Å². The second kappa shape index (κ2) is 3.74. The first kappa shape index (κ1) is 9.73. The molecule has 1 heterocycles. The van der Waals surface area contributed by atoms with E-state index in [2.05, 4.69) is 4.98 Å². The molecule has 2 rings (SSSR count). The largest absolute Gasteiger partial charge is 0.379 e. The zero-order chi connectivity index (χ0) is 10.8. The molecule has 0 amide bonds. The maximum Gasteiger partial charge on any atom is 0.297 e. The third kappa shape index (κ3) is 1.85. The van der Waals surface area contributed by atoms with Crippen LogP contribution in [0.25, 0.3) is 5.69 Å². The van der Waals surface area contributed by atoms with Crippen LogP contribution in [0.4, 0.5) is 5.82 Å². The van der Waals surface area contributed by atoms with Gasteiger partial charge in [0.2, 0.25) is 0 Å². The summed E-state index contributed by atoms with van der Waals surface area (Å²) in [6.45, 7) is 0. The lowest BCUT2D eigenvalue weighted by Gasteiger charge is -2.05. The quantitative estimate of drug-likeness (QED) is 0.793. The van der Waals surface area contributed by atoms with Gasteiger partial charge in [0.1, 0.15) is 0 Å². The number of nitrogen functional groups attached to an aromatic ring is 1. The zero-order valence-electron chi connectivity index (χ0n) is 7.72. The predicted octanol–water partition coefficient (Wildman–Crippen LogP) is 1.47. The first-order chi connectivity index (χ1) is 7.18. The molecule has 1 aromatic carbocycles. The number of halogens is 1. The maximum absolute atomic E-state index is 11.6. The molecule has 0 spiro atoms. The van der Waals surface area contributed by atoms with Crippen LogP contribution in [0.5, 0.6) is 0 Å². The summed E-state index contributed by atoms with van der Waals surface area (Å²) in [5, 5.41) is 0.619. The fourth-order valence-electron chi connectivity index (χ4n) is 1.23. The molecule has 1 aromatic heterocycles. The highest BCUT2D eigenvalue weighted by atomic mass is 35.5. The second-order valence-electron chi connectivity index (χ2n) is 2.96. The molecule has 76 valence electrons. The average molecular weight is 222 g/mol. The molecular weight excluding hydrogens is 214 g/mol. The molecule has 2 aromatic rings. The van der Waals surface area contributed by atoms with E-state index in [1.807, 2.05) is 0 Å². The highest BCUT2D eigenvalue weighted by Gasteiger charge is 2.02. The van der Waals surface area contributed by atoms with Crippen molar-refractivity contribution in [3.8, 4) is 5.69 Å². The van der Waals surface area contributed by atoms with Crippen molar-refractivity contribution < 1.29 is 0 Å². The highest BCUT2D eigenvalue weighted by Crippen LogP contribution is 2.11. The molecule has 0 unspecified atom stereocenters. The summed E-state index contributed by atoms with van der Waals surface area (Å²) in [5.41, 5.74) is 5.79. The van der Waals surface area contributed by atoms with E-state index in [1.54, 1.807) is 30.5 Å². The number of benzene rings is 1. The van der Waals surface area contributed by atoms with Gasteiger partial charge in [-0.05, 0) is 24.3 Å². The Hall–Kier alpha value is -1.81. The molecule has 0 radical (unpaired) electrons. The minimum Gasteiger partial charge on any atom is -0.379 e. The Labute approximate surface area is 90.9 Å². The normalized spacial score (nSPS) is 10.2. The van der Waals surface area contributed by atoms with E-state index in [0.29, 0.717) is 10.7 Å². The first-order valence-electron chi connectivity index (χ1n) is 4.27. The van der Waals surface area contributed by atoms with Gasteiger partial charge in [-0.3, -0.25) is 9.36 Å². The Balaban J connectivity index is 2.59. The minimum atomic E-state index is -0.333. The van der Waals surface area contributed by atoms with E-state index in [1.165, 1.54) is 10.8 Å². The minimum absolute atomic E-state index is 0.0209. The average Bonchev–Trinajstić information content (AvgIpc) is 2.24. The van der Waals surface area contributed by atoms with Crippen LogP contribution >= 0.6 is 11.6 Å². The fourth-order valence-corrected chi connectivity index (χ4v) is 1.36. The van der Waals surface area contributed by atoms with Gasteiger partial charge in [-0.2, -0.15) is 0 Å². The van der Waals surface area contributed by atoms with Crippen LogP contribution in [-0.4, -0.2) is 9.55 Å². The third-order valence-electron chi connectivity index (χ3n) is 1.97. The van der Waals surface area contributed by atoms with Crippen LogP contribution in [0, 0.1) is 0 Å². The molecule has 2 N–H and O–H groups in total. The Kier molecular flexibility index (Phi) is 2.43. The number of hydrogen-bond acceptors (Lipinski definition) is 3. The summed E-state index contributed by atoms with van der Waals surface area (Å²) in [4.78, 5) is 15.3. The van der Waals surface area contributed by atoms with Crippen LogP contribution in [0.3, 0.4) is 0 Å². The summed E-state index contributed by atoms with van der Waals surface area (Å²) in [7, 11) is 0. The molecule has 0 fully saturated rings. The van der Waals surface area contributed by atoms with Crippen LogP contribution in [-0.2, 0) is 0 Å². The summed E-state index contributed by atoms with van der Waals surface area (Å²) in [6, 6.07) is 6.90. The lowest BCUT2D eigenvalue weighted by molar-refractivity contribution is 0.964. The van der Waals surface area contributed by atoms with Gasteiger partial charge >= 0.3 is 0 Å². The molecule has 0 bridgehead atoms. The molecular formula is C10H8ClN3O. The van der Waals surface area contributed by atoms with E-state index in [4.69, 9.17) is 17.3 Å². The maximum atomic E-state index is 11.6. The zero-order valence-corrected chi connectivity index (χ0v) is 8.48. The monoisotopic (exact) mass is 221 g/mol. The molecule has 0 atom stereocenters. The van der Waals surface area contributed by atoms with Gasteiger partial charge in [0.15, 0.2) is 5.82 Å². The van der Waals surface area contributed by atoms with E-state index < -0.39 is 0 Å². The number of nitrogens with zero attached hydrogens (tertiary/aromatic N) is 2. The molecule has 0 aliphatic carbocycles. The fraction of sp³-hybridized carbons (Fsp3) is 0. The topological polar surface area (TPSA) is 60.9 Å². The Bertz CT molecular complexity index is 533. The van der Waals surface area contributed by atoms with Gasteiger partial charge in [0.05, 0.1) is 0 Å². The van der Waals surface area contributed by atoms with E-state index in [9.17, 15) is 4.79 Å². The molecule has 5 heteroatoms. The second-order valence-corrected chi connectivity index (χ2v) is 3.40. The Morgan fingerprint density at radius 2 is 1.93 bits per heavy atom. The van der Waals surface area contributed by atoms with Crippen LogP contribution in [0.2, 0.25) is 5.02 Å². The Morgan fingerprint density at radius 1 is 1.27 bits per heavy atom. The molecule has 4 nitrogen and oxygen atoms in total. The first-order valence-corrected chi connectivity index (χ1v) is 4.65. The predicted molar refractivity (Wildman–Crippen MR) is 59.3 cm³/mol. The van der Waals surface area contributed by atoms with Crippen LogP contribution in [0.1, 0.15) is 0 Å². The summed E-state index contributed by atoms with van der Waals surface area (Å²) in [5.74, 6) is -0.0209. The van der Waals surface area contributed by atoms with Gasteiger partial charge in [-0.25, -0.2) is 4.98 Å². The van der Waals surface area contributed by atoms with Crippen molar-refractivity contribution >= 4 is 17.4 Å². The van der Waals surface area contributed by atoms with E-state index in [-0.39, 0.29) is 11.4 Å². The Morgan fingerprint density at radius 3 is 2.60 bits per heavy atom. The number of rotatable bonds is 1. The summed E-state index contributed by atoms with van der Waals surface area (Å²) < 4.78 is 1.42. The van der Waals surface area contributed by atoms with E-state index in [0.717, 1.165) is 0 Å². The van der Waals surface area contributed by atoms with Crippen molar-refractivity contribution in [2.75, 3.05) is 5.73 Å². The van der Waals surface area contributed by atoms with Crippen molar-refractivity contribution in [2.45, 2.75) is 0 Å². The van der Waals surface area contributed by atoms with Gasteiger partial charge in [0, 0.05) is 23.1 Å². The van der Waals surface area contributed by atoms with Crippen molar-refractivity contribution in [3.63, 3.8) is 0 Å². The van der Waals surface area contributed by atoms with Gasteiger partial charge in [-0.15, -0.1) is 0 Å². The summed E-state index contributed by atoms with van der Waals surface area (Å²) >= 11 is 5.75. The molecule has 0 aliphatic heterocycles. The third-order valence-corrected chi connectivity index (χ3v) is 2.22. The highest BCUT2D eigenvalue weighted by molar-refractivity contribution is 6.30. The number of aromatic nitrogens is 2.